The summed E-state index contributed by atoms with van der Waals surface area (Å²) >= 11 is 0. The van der Waals surface area contributed by atoms with Gasteiger partial charge in [-0.2, -0.15) is 0 Å². The number of benzene rings is 1. The molecule has 0 aliphatic carbocycles. The molecule has 1 aliphatic rings. The molecule has 0 atom stereocenters. The first-order chi connectivity index (χ1) is 10.6. The molecule has 0 saturated carbocycles. The van der Waals surface area contributed by atoms with Crippen LogP contribution in [-0.2, 0) is 9.53 Å². The van der Waals surface area contributed by atoms with Crippen LogP contribution in [0.5, 0.6) is 5.75 Å². The van der Waals surface area contributed by atoms with Crippen LogP contribution in [0.25, 0.3) is 0 Å². The summed E-state index contributed by atoms with van der Waals surface area (Å²) in [6.07, 6.45) is 1.83. The van der Waals surface area contributed by atoms with Gasteiger partial charge in [-0.3, -0.25) is 4.79 Å². The van der Waals surface area contributed by atoms with Gasteiger partial charge in [0.15, 0.2) is 5.78 Å². The van der Waals surface area contributed by atoms with E-state index in [4.69, 9.17) is 9.47 Å². The van der Waals surface area contributed by atoms with Crippen LogP contribution in [-0.4, -0.2) is 32.0 Å². The third-order valence-corrected chi connectivity index (χ3v) is 3.43. The maximum atomic E-state index is 12.7. The first-order valence-electron chi connectivity index (χ1n) is 7.12. The van der Waals surface area contributed by atoms with E-state index in [1.165, 1.54) is 0 Å². The summed E-state index contributed by atoms with van der Waals surface area (Å²) in [6.45, 7) is 4.28. The first-order valence-corrected chi connectivity index (χ1v) is 7.12. The monoisotopic (exact) mass is 301 g/mol. The van der Waals surface area contributed by atoms with Crippen LogP contribution < -0.4 is 10.1 Å². The third-order valence-electron chi connectivity index (χ3n) is 3.43. The Bertz CT molecular complexity index is 641. The van der Waals surface area contributed by atoms with Crippen LogP contribution >= 0.6 is 0 Å². The molecule has 1 aliphatic heterocycles. The molecule has 0 saturated heterocycles. The number of rotatable bonds is 5. The van der Waals surface area contributed by atoms with Gasteiger partial charge in [-0.05, 0) is 43.7 Å². The lowest BCUT2D eigenvalue weighted by molar-refractivity contribution is -0.138. The fourth-order valence-electron chi connectivity index (χ4n) is 2.29. The fraction of sp³-hybridized carbons (Fsp3) is 0.294. The van der Waals surface area contributed by atoms with Crippen molar-refractivity contribution >= 4 is 11.8 Å². The SMILES string of the molecule is C/C=C1\CNC(C(=O)OCC)=C1C(=O)c1ccc(OC)cc1. The van der Waals surface area contributed by atoms with Gasteiger partial charge in [0.05, 0.1) is 19.3 Å². The van der Waals surface area contributed by atoms with E-state index >= 15 is 0 Å². The van der Waals surface area contributed by atoms with E-state index in [9.17, 15) is 9.59 Å². The number of allylic oxidation sites excluding steroid dienone is 1. The molecule has 1 heterocycles. The second kappa shape index (κ2) is 6.93. The smallest absolute Gasteiger partial charge is 0.355 e. The van der Waals surface area contributed by atoms with Crippen LogP contribution in [0.1, 0.15) is 24.2 Å². The maximum Gasteiger partial charge on any atom is 0.355 e. The third kappa shape index (κ3) is 3.03. The number of carbonyl (C=O) groups is 2. The normalized spacial score (nSPS) is 15.7. The summed E-state index contributed by atoms with van der Waals surface area (Å²) in [5.41, 5.74) is 1.91. The molecule has 5 heteroatoms. The molecule has 1 N–H and O–H groups in total. The number of nitrogens with one attached hydrogen (secondary N) is 1. The quantitative estimate of drug-likeness (QED) is 0.667. The average Bonchev–Trinajstić information content (AvgIpc) is 2.98. The van der Waals surface area contributed by atoms with E-state index in [0.717, 1.165) is 5.57 Å². The van der Waals surface area contributed by atoms with Crippen molar-refractivity contribution < 1.29 is 19.1 Å². The van der Waals surface area contributed by atoms with Gasteiger partial charge in [-0.25, -0.2) is 4.79 Å². The summed E-state index contributed by atoms with van der Waals surface area (Å²) in [7, 11) is 1.57. The van der Waals surface area contributed by atoms with E-state index in [2.05, 4.69) is 5.32 Å². The zero-order valence-electron chi connectivity index (χ0n) is 12.9. The van der Waals surface area contributed by atoms with Crippen molar-refractivity contribution in [3.8, 4) is 5.75 Å². The molecule has 0 bridgehead atoms. The molecule has 1 aromatic rings. The highest BCUT2D eigenvalue weighted by Gasteiger charge is 2.30. The van der Waals surface area contributed by atoms with Gasteiger partial charge >= 0.3 is 5.97 Å². The Labute approximate surface area is 129 Å². The Kier molecular flexibility index (Phi) is 4.99. The molecule has 0 spiro atoms. The lowest BCUT2D eigenvalue weighted by Crippen LogP contribution is -2.20. The van der Waals surface area contributed by atoms with Crippen LogP contribution in [0, 0.1) is 0 Å². The second-order valence-corrected chi connectivity index (χ2v) is 4.70. The molecule has 5 nitrogen and oxygen atoms in total. The molecular weight excluding hydrogens is 282 g/mol. The summed E-state index contributed by atoms with van der Waals surface area (Å²) in [5.74, 6) is -0.0352. The molecule has 0 unspecified atom stereocenters. The first kappa shape index (κ1) is 15.8. The van der Waals surface area contributed by atoms with E-state index in [-0.39, 0.29) is 18.1 Å². The van der Waals surface area contributed by atoms with Gasteiger partial charge in [-0.1, -0.05) is 6.08 Å². The predicted molar refractivity (Wildman–Crippen MR) is 82.7 cm³/mol. The minimum absolute atomic E-state index is 0.205. The fourth-order valence-corrected chi connectivity index (χ4v) is 2.29. The highest BCUT2D eigenvalue weighted by atomic mass is 16.5. The van der Waals surface area contributed by atoms with Crippen molar-refractivity contribution in [2.24, 2.45) is 0 Å². The van der Waals surface area contributed by atoms with Crippen molar-refractivity contribution in [2.45, 2.75) is 13.8 Å². The van der Waals surface area contributed by atoms with Crippen molar-refractivity contribution in [3.63, 3.8) is 0 Å². The van der Waals surface area contributed by atoms with Gasteiger partial charge in [0.1, 0.15) is 11.4 Å². The number of esters is 1. The predicted octanol–water partition coefficient (Wildman–Crippen LogP) is 2.24. The lowest BCUT2D eigenvalue weighted by Gasteiger charge is -2.07. The summed E-state index contributed by atoms with van der Waals surface area (Å²) in [6, 6.07) is 6.80. The maximum absolute atomic E-state index is 12.7. The van der Waals surface area contributed by atoms with E-state index in [0.29, 0.717) is 23.4 Å². The molecule has 0 amide bonds. The number of hydrogen-bond acceptors (Lipinski definition) is 5. The topological polar surface area (TPSA) is 64.6 Å². The Balaban J connectivity index is 2.41. The van der Waals surface area contributed by atoms with Crippen molar-refractivity contribution in [2.75, 3.05) is 20.3 Å². The molecule has 1 aromatic carbocycles. The van der Waals surface area contributed by atoms with E-state index in [1.54, 1.807) is 38.3 Å². The summed E-state index contributed by atoms with van der Waals surface area (Å²) in [4.78, 5) is 24.8. The van der Waals surface area contributed by atoms with Crippen molar-refractivity contribution in [1.29, 1.82) is 0 Å². The average molecular weight is 301 g/mol. The molecule has 22 heavy (non-hydrogen) atoms. The zero-order chi connectivity index (χ0) is 16.1. The lowest BCUT2D eigenvalue weighted by atomic mass is 9.97. The number of hydrogen-bond donors (Lipinski definition) is 1. The molecule has 2 rings (SSSR count). The van der Waals surface area contributed by atoms with Gasteiger partial charge in [0, 0.05) is 12.1 Å². The zero-order valence-corrected chi connectivity index (χ0v) is 12.9. The van der Waals surface area contributed by atoms with Crippen LogP contribution in [0.4, 0.5) is 0 Å². The van der Waals surface area contributed by atoms with Gasteiger partial charge in [-0.15, -0.1) is 0 Å². The van der Waals surface area contributed by atoms with Crippen LogP contribution in [0.3, 0.4) is 0 Å². The molecular formula is C17H19NO4. The number of Topliss-reactive ketones (excluding diaryl/α,β-unsaturated/α-hetero) is 1. The number of carbonyl (C=O) groups excluding carboxylic acids is 2. The summed E-state index contributed by atoms with van der Waals surface area (Å²) < 4.78 is 10.1. The Morgan fingerprint density at radius 3 is 2.50 bits per heavy atom. The highest BCUT2D eigenvalue weighted by Crippen LogP contribution is 2.25. The Hall–Kier alpha value is -2.56. The van der Waals surface area contributed by atoms with Gasteiger partial charge < -0.3 is 14.8 Å². The highest BCUT2D eigenvalue weighted by molar-refractivity contribution is 6.16. The minimum atomic E-state index is -0.504. The van der Waals surface area contributed by atoms with Crippen LogP contribution in [0.15, 0.2) is 47.2 Å². The number of methoxy groups -OCH3 is 1. The largest absolute Gasteiger partial charge is 0.497 e. The molecule has 0 radical (unpaired) electrons. The van der Waals surface area contributed by atoms with Crippen molar-refractivity contribution in [3.05, 3.63) is 52.7 Å². The summed E-state index contributed by atoms with van der Waals surface area (Å²) in [5, 5.41) is 2.96. The minimum Gasteiger partial charge on any atom is -0.497 e. The Morgan fingerprint density at radius 1 is 1.27 bits per heavy atom. The standard InChI is InChI=1S/C17H19NO4/c1-4-11-10-18-15(17(20)22-5-2)14(11)16(19)12-6-8-13(21-3)9-7-12/h4,6-9,18H,5,10H2,1-3H3/b11-4+. The molecule has 0 fully saturated rings. The van der Waals surface area contributed by atoms with E-state index in [1.807, 2.05) is 13.0 Å². The van der Waals surface area contributed by atoms with Gasteiger partial charge in [0.2, 0.25) is 0 Å². The Morgan fingerprint density at radius 2 is 1.95 bits per heavy atom. The molecule has 0 aromatic heterocycles. The number of ketones is 1. The van der Waals surface area contributed by atoms with Crippen molar-refractivity contribution in [1.82, 2.24) is 5.32 Å². The van der Waals surface area contributed by atoms with E-state index < -0.39 is 5.97 Å². The van der Waals surface area contributed by atoms with Gasteiger partial charge in [0.25, 0.3) is 0 Å². The van der Waals surface area contributed by atoms with Crippen LogP contribution in [0.2, 0.25) is 0 Å². The number of ether oxygens (including phenoxy) is 2. The second-order valence-electron chi connectivity index (χ2n) is 4.70. The molecule has 116 valence electrons.